The molecule has 1 aromatic heterocycles. The van der Waals surface area contributed by atoms with Crippen molar-refractivity contribution in [1.29, 1.82) is 0 Å². The predicted octanol–water partition coefficient (Wildman–Crippen LogP) is 3.30. The van der Waals surface area contributed by atoms with Gasteiger partial charge in [0.05, 0.1) is 19.0 Å². The van der Waals surface area contributed by atoms with Crippen molar-refractivity contribution in [1.82, 2.24) is 9.97 Å². The van der Waals surface area contributed by atoms with E-state index in [-0.39, 0.29) is 24.5 Å². The number of rotatable bonds is 9. The topological polar surface area (TPSA) is 109 Å². The first-order valence-corrected chi connectivity index (χ1v) is 9.93. The minimum Gasteiger partial charge on any atom is -0.493 e. The number of halogens is 1. The van der Waals surface area contributed by atoms with Crippen molar-refractivity contribution in [2.75, 3.05) is 19.1 Å². The average molecular weight is 443 g/mol. The van der Waals surface area contributed by atoms with Crippen molar-refractivity contribution in [3.8, 4) is 11.5 Å². The van der Waals surface area contributed by atoms with E-state index in [4.69, 9.17) is 26.2 Å². The number of H-pyrrole nitrogens is 1. The number of aromatic nitrogens is 2. The molecule has 2 aromatic carbocycles. The summed E-state index contributed by atoms with van der Waals surface area (Å²) in [7, 11) is 1.56. The molecule has 3 aromatic rings. The van der Waals surface area contributed by atoms with Crippen LogP contribution in [0.15, 0.2) is 52.4 Å². The van der Waals surface area contributed by atoms with Gasteiger partial charge < -0.3 is 14.6 Å². The zero-order valence-electron chi connectivity index (χ0n) is 17.2. The molecule has 0 amide bonds. The van der Waals surface area contributed by atoms with E-state index < -0.39 is 0 Å². The number of hydrogen-bond donors (Lipinski definition) is 3. The molecule has 0 saturated carbocycles. The molecule has 0 bridgehead atoms. The second-order valence-corrected chi connectivity index (χ2v) is 7.09. The van der Waals surface area contributed by atoms with Gasteiger partial charge in [0.15, 0.2) is 11.5 Å². The van der Waals surface area contributed by atoms with E-state index in [1.807, 2.05) is 30.3 Å². The van der Waals surface area contributed by atoms with Crippen molar-refractivity contribution in [2.45, 2.75) is 20.0 Å². The fourth-order valence-electron chi connectivity index (χ4n) is 2.91. The van der Waals surface area contributed by atoms with Crippen LogP contribution in [0.25, 0.3) is 0 Å². The third-order valence-electron chi connectivity index (χ3n) is 4.44. The van der Waals surface area contributed by atoms with Crippen LogP contribution in [0.4, 0.5) is 5.95 Å². The van der Waals surface area contributed by atoms with Crippen LogP contribution in [-0.4, -0.2) is 35.0 Å². The molecule has 0 aliphatic rings. The highest BCUT2D eigenvalue weighted by Crippen LogP contribution is 2.28. The number of hydrogen-bond acceptors (Lipinski definition) is 7. The van der Waals surface area contributed by atoms with Crippen LogP contribution in [0.3, 0.4) is 0 Å². The highest BCUT2D eigenvalue weighted by molar-refractivity contribution is 6.30. The lowest BCUT2D eigenvalue weighted by Gasteiger charge is -2.11. The molecule has 0 fully saturated rings. The molecule has 1 heterocycles. The van der Waals surface area contributed by atoms with Crippen LogP contribution < -0.4 is 20.5 Å². The quantitative estimate of drug-likeness (QED) is 0.346. The second-order valence-electron chi connectivity index (χ2n) is 6.65. The molecule has 162 valence electrons. The van der Waals surface area contributed by atoms with Gasteiger partial charge in [-0.05, 0) is 48.4 Å². The van der Waals surface area contributed by atoms with E-state index in [0.717, 1.165) is 11.1 Å². The van der Waals surface area contributed by atoms with Gasteiger partial charge in [-0.2, -0.15) is 5.10 Å². The van der Waals surface area contributed by atoms with Crippen molar-refractivity contribution in [3.63, 3.8) is 0 Å². The molecular weight excluding hydrogens is 420 g/mol. The lowest BCUT2D eigenvalue weighted by molar-refractivity contribution is 0.284. The number of aromatic amines is 1. The maximum atomic E-state index is 12.1. The lowest BCUT2D eigenvalue weighted by atomic mass is 10.2. The molecule has 0 atom stereocenters. The summed E-state index contributed by atoms with van der Waals surface area (Å²) in [6.07, 6.45) is 1.82. The molecule has 3 N–H and O–H groups in total. The van der Waals surface area contributed by atoms with Crippen LogP contribution in [0, 0.1) is 6.92 Å². The summed E-state index contributed by atoms with van der Waals surface area (Å²) in [5.74, 6) is 1.37. The Kier molecular flexibility index (Phi) is 7.64. The van der Waals surface area contributed by atoms with E-state index in [0.29, 0.717) is 34.4 Å². The molecule has 8 nitrogen and oxygen atoms in total. The van der Waals surface area contributed by atoms with Gasteiger partial charge in [0.25, 0.3) is 5.56 Å². The van der Waals surface area contributed by atoms with Gasteiger partial charge in [-0.25, -0.2) is 10.4 Å². The second kappa shape index (κ2) is 10.6. The number of aliphatic hydroxyl groups is 1. The molecule has 0 aliphatic carbocycles. The van der Waals surface area contributed by atoms with Gasteiger partial charge in [-0.1, -0.05) is 23.7 Å². The molecular formula is C22H23ClN4O4. The number of methoxy groups -OCH3 is 1. The monoisotopic (exact) mass is 442 g/mol. The molecule has 0 unspecified atom stereocenters. The van der Waals surface area contributed by atoms with Gasteiger partial charge in [-0.3, -0.25) is 9.78 Å². The Bertz CT molecular complexity index is 1130. The minimum atomic E-state index is -0.304. The van der Waals surface area contributed by atoms with Gasteiger partial charge in [0.1, 0.15) is 6.61 Å². The average Bonchev–Trinajstić information content (AvgIpc) is 2.75. The standard InChI is InChI=1S/C22H23ClN4O4/c1-14-18(8-9-28)21(29)26-22(25-14)27-24-12-15-6-7-19(20(11-15)30-2)31-13-16-4-3-5-17(23)10-16/h3-7,10-12,28H,8-9,13H2,1-2H3,(H2,25,26,27,29)/b24-12-. The first-order valence-electron chi connectivity index (χ1n) is 9.55. The number of nitrogens with zero attached hydrogens (tertiary/aromatic N) is 2. The summed E-state index contributed by atoms with van der Waals surface area (Å²) in [6.45, 7) is 1.95. The molecule has 0 aliphatic heterocycles. The van der Waals surface area contributed by atoms with Crippen molar-refractivity contribution in [2.24, 2.45) is 5.10 Å². The molecule has 0 radical (unpaired) electrons. The maximum Gasteiger partial charge on any atom is 0.255 e. The number of benzene rings is 2. The molecule has 9 heteroatoms. The van der Waals surface area contributed by atoms with Gasteiger partial charge >= 0.3 is 0 Å². The smallest absolute Gasteiger partial charge is 0.255 e. The Morgan fingerprint density at radius 2 is 2.10 bits per heavy atom. The highest BCUT2D eigenvalue weighted by Gasteiger charge is 2.08. The summed E-state index contributed by atoms with van der Waals surface area (Å²) in [5.41, 5.74) is 5.10. The van der Waals surface area contributed by atoms with Crippen LogP contribution >= 0.6 is 11.6 Å². The molecule has 0 spiro atoms. The fourth-order valence-corrected chi connectivity index (χ4v) is 3.12. The summed E-state index contributed by atoms with van der Waals surface area (Å²) in [4.78, 5) is 18.9. The fraction of sp³-hybridized carbons (Fsp3) is 0.227. The summed E-state index contributed by atoms with van der Waals surface area (Å²) in [6, 6.07) is 12.9. The van der Waals surface area contributed by atoms with Crippen molar-refractivity contribution >= 4 is 23.8 Å². The third-order valence-corrected chi connectivity index (χ3v) is 4.67. The van der Waals surface area contributed by atoms with Gasteiger partial charge in [0, 0.05) is 23.6 Å². The number of anilines is 1. The number of ether oxygens (including phenoxy) is 2. The summed E-state index contributed by atoms with van der Waals surface area (Å²) < 4.78 is 11.3. The van der Waals surface area contributed by atoms with E-state index in [2.05, 4.69) is 20.5 Å². The number of aryl methyl sites for hydroxylation is 1. The van der Waals surface area contributed by atoms with Crippen LogP contribution in [0.1, 0.15) is 22.4 Å². The third kappa shape index (κ3) is 6.07. The Morgan fingerprint density at radius 3 is 2.81 bits per heavy atom. The Balaban J connectivity index is 1.67. The largest absolute Gasteiger partial charge is 0.493 e. The first kappa shape index (κ1) is 22.3. The SMILES string of the molecule is COc1cc(/C=N\Nc2nc(C)c(CCO)c(=O)[nH]2)ccc1OCc1cccc(Cl)c1. The van der Waals surface area contributed by atoms with Gasteiger partial charge in [0.2, 0.25) is 5.95 Å². The predicted molar refractivity (Wildman–Crippen MR) is 120 cm³/mol. The number of nitrogens with one attached hydrogen (secondary N) is 2. The highest BCUT2D eigenvalue weighted by atomic mass is 35.5. The van der Waals surface area contributed by atoms with E-state index in [9.17, 15) is 4.79 Å². The Hall–Kier alpha value is -3.36. The van der Waals surface area contributed by atoms with Crippen LogP contribution in [0.5, 0.6) is 11.5 Å². The molecule has 31 heavy (non-hydrogen) atoms. The number of hydrazone groups is 1. The van der Waals surface area contributed by atoms with Crippen molar-refractivity contribution < 1.29 is 14.6 Å². The molecule has 0 saturated heterocycles. The Morgan fingerprint density at radius 1 is 1.26 bits per heavy atom. The number of aliphatic hydroxyl groups excluding tert-OH is 1. The van der Waals surface area contributed by atoms with Crippen LogP contribution in [-0.2, 0) is 13.0 Å². The van der Waals surface area contributed by atoms with Crippen molar-refractivity contribution in [3.05, 3.63) is 80.2 Å². The van der Waals surface area contributed by atoms with E-state index in [1.54, 1.807) is 32.4 Å². The maximum absolute atomic E-state index is 12.1. The normalized spacial score (nSPS) is 11.0. The minimum absolute atomic E-state index is 0.114. The van der Waals surface area contributed by atoms with Crippen LogP contribution in [0.2, 0.25) is 5.02 Å². The lowest BCUT2D eigenvalue weighted by Crippen LogP contribution is -2.19. The first-order chi connectivity index (χ1) is 15.0. The summed E-state index contributed by atoms with van der Waals surface area (Å²) in [5, 5.41) is 13.8. The summed E-state index contributed by atoms with van der Waals surface area (Å²) >= 11 is 6.00. The van der Waals surface area contributed by atoms with E-state index >= 15 is 0 Å². The van der Waals surface area contributed by atoms with E-state index in [1.165, 1.54) is 0 Å². The zero-order chi connectivity index (χ0) is 22.2. The zero-order valence-corrected chi connectivity index (χ0v) is 17.9. The van der Waals surface area contributed by atoms with Gasteiger partial charge in [-0.15, -0.1) is 0 Å². The Labute approximate surface area is 184 Å². The molecule has 3 rings (SSSR count).